The molecule has 3 aliphatic rings. The lowest BCUT2D eigenvalue weighted by molar-refractivity contribution is 0.00578. The van der Waals surface area contributed by atoms with Crippen molar-refractivity contribution in [3.8, 4) is 0 Å². The highest BCUT2D eigenvalue weighted by Crippen LogP contribution is 2.43. The van der Waals surface area contributed by atoms with Gasteiger partial charge in [-0.1, -0.05) is 90.5 Å². The molecule has 2 aromatic heterocycles. The van der Waals surface area contributed by atoms with Gasteiger partial charge in [0.25, 0.3) is 0 Å². The third-order valence-electron chi connectivity index (χ3n) is 14.0. The molecule has 8 nitrogen and oxygen atoms in total. The van der Waals surface area contributed by atoms with Gasteiger partial charge in [-0.2, -0.15) is 0 Å². The normalized spacial score (nSPS) is 20.6. The van der Waals surface area contributed by atoms with E-state index in [0.29, 0.717) is 5.02 Å². The maximum Gasteiger partial charge on any atom is 0.498 e. The molecule has 0 N–H and O–H groups in total. The summed E-state index contributed by atoms with van der Waals surface area (Å²) in [6.07, 6.45) is 0. The van der Waals surface area contributed by atoms with Crippen molar-refractivity contribution < 1.29 is 36.8 Å². The van der Waals surface area contributed by atoms with Gasteiger partial charge >= 0.3 is 21.1 Å². The SMILES string of the molecule is CC1(C)OB(B2OC(C)(C)C(C)(C)O2)OC1(C)C.CC1(C)OB(c2cccc3c2oc2cc4ccccc4cc23)OC1(C)C.Clc1cccc2c1oc1cc3ccccc3cc12. The summed E-state index contributed by atoms with van der Waals surface area (Å²) >= 11 is 6.17. The van der Waals surface area contributed by atoms with E-state index in [2.05, 4.69) is 88.4 Å². The number of hydrogen-bond acceptors (Lipinski definition) is 8. The summed E-state index contributed by atoms with van der Waals surface area (Å²) in [6, 6.07) is 37.2. The lowest BCUT2D eigenvalue weighted by Gasteiger charge is -2.32. The molecule has 3 aliphatic heterocycles. The van der Waals surface area contributed by atoms with Crippen LogP contribution in [0.2, 0.25) is 5.02 Å². The van der Waals surface area contributed by atoms with Crippen LogP contribution in [0.3, 0.4) is 0 Å². The van der Waals surface area contributed by atoms with Crippen LogP contribution in [0, 0.1) is 0 Å². The first-order chi connectivity index (χ1) is 29.1. The predicted molar refractivity (Wildman–Crippen MR) is 255 cm³/mol. The molecule has 0 aliphatic carbocycles. The fourth-order valence-electron chi connectivity index (χ4n) is 8.11. The molecule has 0 bridgehead atoms. The minimum absolute atomic E-state index is 0.360. The molecule has 5 heterocycles. The average Bonchev–Trinajstić information content (AvgIpc) is 3.93. The van der Waals surface area contributed by atoms with Gasteiger partial charge in [-0.25, -0.2) is 0 Å². The average molecular weight is 851 g/mol. The van der Waals surface area contributed by atoms with Crippen LogP contribution in [0.4, 0.5) is 0 Å². The van der Waals surface area contributed by atoms with E-state index in [9.17, 15) is 0 Å². The van der Waals surface area contributed by atoms with Gasteiger partial charge in [0.1, 0.15) is 16.7 Å². The van der Waals surface area contributed by atoms with E-state index in [-0.39, 0.29) is 33.6 Å². The Kier molecular flexibility index (Phi) is 10.3. The van der Waals surface area contributed by atoms with E-state index >= 15 is 0 Å². The highest BCUT2D eigenvalue weighted by Gasteiger charge is 2.63. The smallest absolute Gasteiger partial charge is 0.456 e. The van der Waals surface area contributed by atoms with Crippen LogP contribution in [0.15, 0.2) is 118 Å². The molecule has 8 aromatic rings. The molecular formula is C50H54B3ClO8. The van der Waals surface area contributed by atoms with Crippen molar-refractivity contribution in [1.29, 1.82) is 0 Å². The summed E-state index contributed by atoms with van der Waals surface area (Å²) < 4.78 is 48.5. The third kappa shape index (κ3) is 7.33. The zero-order valence-corrected chi connectivity index (χ0v) is 38.5. The number of para-hydroxylation sites is 2. The van der Waals surface area contributed by atoms with E-state index in [0.717, 1.165) is 49.3 Å². The number of halogens is 1. The number of fused-ring (bicyclic) bond motifs is 8. The lowest BCUT2D eigenvalue weighted by Crippen LogP contribution is -2.41. The second-order valence-electron chi connectivity index (χ2n) is 19.8. The van der Waals surface area contributed by atoms with Crippen molar-refractivity contribution in [2.24, 2.45) is 0 Å². The van der Waals surface area contributed by atoms with E-state index in [1.165, 1.54) is 21.5 Å². The van der Waals surface area contributed by atoms with Crippen molar-refractivity contribution in [2.75, 3.05) is 0 Å². The molecule has 318 valence electrons. The van der Waals surface area contributed by atoms with Crippen LogP contribution in [0.1, 0.15) is 83.1 Å². The molecule has 3 saturated heterocycles. The van der Waals surface area contributed by atoms with Gasteiger partial charge in [0.05, 0.1) is 38.6 Å². The predicted octanol–water partition coefficient (Wildman–Crippen LogP) is 12.7. The van der Waals surface area contributed by atoms with Crippen molar-refractivity contribution >= 4 is 104 Å². The van der Waals surface area contributed by atoms with Crippen molar-refractivity contribution in [3.05, 3.63) is 114 Å². The van der Waals surface area contributed by atoms with Gasteiger partial charge in [-0.05, 0) is 135 Å². The Bertz CT molecular complexity index is 2920. The van der Waals surface area contributed by atoms with Crippen molar-refractivity contribution in [2.45, 2.75) is 117 Å². The minimum Gasteiger partial charge on any atom is -0.456 e. The topological polar surface area (TPSA) is 81.7 Å². The lowest BCUT2D eigenvalue weighted by atomic mass is 9.49. The number of rotatable bonds is 2. The Hall–Kier alpha value is -4.32. The summed E-state index contributed by atoms with van der Waals surface area (Å²) in [7, 11) is -1.38. The van der Waals surface area contributed by atoms with Crippen LogP contribution in [-0.4, -0.2) is 54.7 Å². The monoisotopic (exact) mass is 850 g/mol. The molecule has 12 heteroatoms. The fraction of sp³-hybridized carbons (Fsp3) is 0.360. The molecule has 0 spiro atoms. The van der Waals surface area contributed by atoms with E-state index in [1.54, 1.807) is 0 Å². The zero-order valence-electron chi connectivity index (χ0n) is 37.8. The Balaban J connectivity index is 0.000000122. The largest absolute Gasteiger partial charge is 0.498 e. The van der Waals surface area contributed by atoms with Gasteiger partial charge in [-0.3, -0.25) is 0 Å². The van der Waals surface area contributed by atoms with E-state index in [1.807, 2.05) is 104 Å². The van der Waals surface area contributed by atoms with Gasteiger partial charge in [0.2, 0.25) is 0 Å². The highest BCUT2D eigenvalue weighted by molar-refractivity contribution is 7.11. The number of benzene rings is 6. The van der Waals surface area contributed by atoms with Crippen molar-refractivity contribution in [3.63, 3.8) is 0 Å². The van der Waals surface area contributed by atoms with Gasteiger partial charge in [0.15, 0.2) is 5.58 Å². The second kappa shape index (κ2) is 14.9. The summed E-state index contributed by atoms with van der Waals surface area (Å²) in [5.74, 6) is 0. The number of furan rings is 2. The molecule has 0 radical (unpaired) electrons. The molecule has 6 aromatic carbocycles. The Morgan fingerprint density at radius 1 is 0.371 bits per heavy atom. The van der Waals surface area contributed by atoms with E-state index < -0.39 is 21.1 Å². The van der Waals surface area contributed by atoms with Crippen molar-refractivity contribution in [1.82, 2.24) is 0 Å². The van der Waals surface area contributed by atoms with E-state index in [4.69, 9.17) is 48.4 Å². The maximum absolute atomic E-state index is 6.28. The Morgan fingerprint density at radius 3 is 1.16 bits per heavy atom. The summed E-state index contributed by atoms with van der Waals surface area (Å²) in [5, 5.41) is 9.85. The van der Waals surface area contributed by atoms with Gasteiger partial charge < -0.3 is 36.8 Å². The standard InChI is InChI=1S/C22H21BO3.C16H9ClO.C12H24B2O4/c1-21(2)22(3,4)26-23(25-21)18-11-7-10-16-17-12-14-8-5-6-9-15(14)13-19(17)24-20(16)18;17-14-7-3-6-12-13-8-10-4-1-2-5-11(10)9-15(13)18-16(12)14;1-9(2)10(3,4)16-13(15-9)14-17-11(5,6)12(7,8)18-14/h5-13H,1-4H3;1-9H;1-8H3. The fourth-order valence-corrected chi connectivity index (χ4v) is 8.32. The quantitative estimate of drug-likeness (QED) is 0.159. The maximum atomic E-state index is 6.28. The minimum atomic E-state index is -0.476. The molecular weight excluding hydrogens is 796 g/mol. The number of hydrogen-bond donors (Lipinski definition) is 0. The zero-order chi connectivity index (χ0) is 44.2. The first-order valence-corrected chi connectivity index (χ1v) is 21.8. The summed E-state index contributed by atoms with van der Waals surface area (Å²) in [6.45, 7) is 24.5. The molecule has 11 rings (SSSR count). The highest BCUT2D eigenvalue weighted by atomic mass is 35.5. The third-order valence-corrected chi connectivity index (χ3v) is 14.3. The van der Waals surface area contributed by atoms with Crippen LogP contribution in [0.5, 0.6) is 0 Å². The molecule has 62 heavy (non-hydrogen) atoms. The molecule has 0 unspecified atom stereocenters. The molecule has 3 fully saturated rings. The molecule has 0 amide bonds. The van der Waals surface area contributed by atoms with Gasteiger partial charge in [0, 0.05) is 27.0 Å². The van der Waals surface area contributed by atoms with Crippen LogP contribution >= 0.6 is 11.6 Å². The molecule has 0 saturated carbocycles. The summed E-state index contributed by atoms with van der Waals surface area (Å²) in [5.41, 5.74) is 2.15. The summed E-state index contributed by atoms with van der Waals surface area (Å²) in [4.78, 5) is 0. The Morgan fingerprint density at radius 2 is 0.726 bits per heavy atom. The first-order valence-electron chi connectivity index (χ1n) is 21.5. The molecule has 0 atom stereocenters. The van der Waals surface area contributed by atoms with Gasteiger partial charge in [-0.15, -0.1) is 0 Å². The second-order valence-corrected chi connectivity index (χ2v) is 20.2. The van der Waals surface area contributed by atoms with Crippen LogP contribution in [0.25, 0.3) is 65.4 Å². The Labute approximate surface area is 369 Å². The van der Waals surface area contributed by atoms with Crippen LogP contribution < -0.4 is 5.46 Å². The van der Waals surface area contributed by atoms with Crippen LogP contribution in [-0.2, 0) is 27.9 Å². The first kappa shape index (κ1) is 43.0.